The van der Waals surface area contributed by atoms with Gasteiger partial charge in [-0.15, -0.1) is 22.7 Å². The van der Waals surface area contributed by atoms with E-state index in [4.69, 9.17) is 11.5 Å². The van der Waals surface area contributed by atoms with Crippen LogP contribution in [0.2, 0.25) is 0 Å². The van der Waals surface area contributed by atoms with Crippen molar-refractivity contribution in [3.63, 3.8) is 0 Å². The summed E-state index contributed by atoms with van der Waals surface area (Å²) in [5, 5.41) is 5.66. The molecule has 0 bridgehead atoms. The van der Waals surface area contributed by atoms with Gasteiger partial charge < -0.3 is 11.5 Å². The maximum absolute atomic E-state index is 11.3. The van der Waals surface area contributed by atoms with Crippen molar-refractivity contribution in [2.45, 2.75) is 19.4 Å². The van der Waals surface area contributed by atoms with Gasteiger partial charge in [-0.1, -0.05) is 0 Å². The lowest BCUT2D eigenvalue weighted by Crippen LogP contribution is -2.13. The normalized spacial score (nSPS) is 10.8. The lowest BCUT2D eigenvalue weighted by atomic mass is 10.2. The average Bonchev–Trinajstić information content (AvgIpc) is 3.04. The quantitative estimate of drug-likeness (QED) is 0.770. The molecule has 0 fully saturated rings. The topological polar surface area (TPSA) is 94.9 Å². The Kier molecular flexibility index (Phi) is 4.54. The van der Waals surface area contributed by atoms with Crippen molar-refractivity contribution in [3.8, 4) is 0 Å². The molecule has 2 heterocycles. The first-order valence-corrected chi connectivity index (χ1v) is 7.30. The van der Waals surface area contributed by atoms with E-state index in [-0.39, 0.29) is 12.3 Å². The predicted octanol–water partition coefficient (Wildman–Crippen LogP) is 0.985. The largest absolute Gasteiger partial charge is 0.325 e. The lowest BCUT2D eigenvalue weighted by Gasteiger charge is -1.93. The third-order valence-electron chi connectivity index (χ3n) is 2.39. The van der Waals surface area contributed by atoms with Crippen molar-refractivity contribution in [1.82, 2.24) is 9.97 Å². The van der Waals surface area contributed by atoms with E-state index in [0.29, 0.717) is 12.2 Å². The molecule has 2 aromatic heterocycles. The first kappa shape index (κ1) is 13.3. The third-order valence-corrected chi connectivity index (χ3v) is 4.22. The fourth-order valence-electron chi connectivity index (χ4n) is 1.45. The molecule has 7 heteroatoms. The highest BCUT2D eigenvalue weighted by Gasteiger charge is 2.09. The fraction of sp³-hybridized carbons (Fsp3) is 0.364. The highest BCUT2D eigenvalue weighted by Crippen LogP contribution is 2.15. The molecule has 2 rings (SSSR count). The Morgan fingerprint density at radius 1 is 1.11 bits per heavy atom. The number of rotatable bonds is 6. The van der Waals surface area contributed by atoms with E-state index < -0.39 is 0 Å². The Bertz CT molecular complexity index is 535. The van der Waals surface area contributed by atoms with Crippen molar-refractivity contribution in [3.05, 3.63) is 32.2 Å². The van der Waals surface area contributed by atoms with Crippen LogP contribution in [0.1, 0.15) is 26.2 Å². The number of thiazole rings is 2. The Hall–Kier alpha value is -1.15. The summed E-state index contributed by atoms with van der Waals surface area (Å²) in [6, 6.07) is 0. The van der Waals surface area contributed by atoms with Gasteiger partial charge in [0.15, 0.2) is 5.78 Å². The number of carbonyl (C=O) groups excluding carboxylic acids is 1. The summed E-state index contributed by atoms with van der Waals surface area (Å²) >= 11 is 3.06. The molecule has 0 atom stereocenters. The van der Waals surface area contributed by atoms with E-state index in [1.54, 1.807) is 16.7 Å². The maximum Gasteiger partial charge on any atom is 0.195 e. The highest BCUT2D eigenvalue weighted by molar-refractivity contribution is 7.10. The van der Waals surface area contributed by atoms with E-state index in [2.05, 4.69) is 9.97 Å². The second kappa shape index (κ2) is 6.14. The van der Waals surface area contributed by atoms with Crippen molar-refractivity contribution in [2.75, 3.05) is 6.54 Å². The molecule has 18 heavy (non-hydrogen) atoms. The van der Waals surface area contributed by atoms with Crippen LogP contribution in [0.3, 0.4) is 0 Å². The number of nitrogens with zero attached hydrogens (tertiary/aromatic N) is 2. The molecule has 0 aliphatic carbocycles. The molecular weight excluding hydrogens is 268 g/mol. The molecule has 4 N–H and O–H groups in total. The SMILES string of the molecule is NCC(=O)c1csc(CCc2csc(CN)n2)n1. The van der Waals surface area contributed by atoms with Gasteiger partial charge in [0.05, 0.1) is 17.2 Å². The summed E-state index contributed by atoms with van der Waals surface area (Å²) in [5.74, 6) is -0.114. The minimum atomic E-state index is -0.114. The van der Waals surface area contributed by atoms with Gasteiger partial charge >= 0.3 is 0 Å². The fourth-order valence-corrected chi connectivity index (χ4v) is 2.96. The number of Topliss-reactive ketones (excluding diaryl/α,β-unsaturated/α-hetero) is 1. The molecule has 0 spiro atoms. The summed E-state index contributed by atoms with van der Waals surface area (Å²) < 4.78 is 0. The van der Waals surface area contributed by atoms with Gasteiger partial charge in [0.1, 0.15) is 10.7 Å². The number of aryl methyl sites for hydroxylation is 2. The van der Waals surface area contributed by atoms with E-state index in [9.17, 15) is 4.79 Å². The number of nitrogens with two attached hydrogens (primary N) is 2. The van der Waals surface area contributed by atoms with E-state index >= 15 is 0 Å². The average molecular weight is 282 g/mol. The summed E-state index contributed by atoms with van der Waals surface area (Å²) in [4.78, 5) is 20.0. The molecule has 0 saturated carbocycles. The predicted molar refractivity (Wildman–Crippen MR) is 72.9 cm³/mol. The van der Waals surface area contributed by atoms with E-state index in [1.807, 2.05) is 5.38 Å². The molecular formula is C11H14N4OS2. The van der Waals surface area contributed by atoms with Gasteiger partial charge in [-0.05, 0) is 6.42 Å². The summed E-state index contributed by atoms with van der Waals surface area (Å²) in [6.45, 7) is 0.492. The summed E-state index contributed by atoms with van der Waals surface area (Å²) in [6.07, 6.45) is 1.61. The van der Waals surface area contributed by atoms with Gasteiger partial charge in [-0.3, -0.25) is 4.79 Å². The van der Waals surface area contributed by atoms with Crippen LogP contribution in [0.5, 0.6) is 0 Å². The van der Waals surface area contributed by atoms with E-state index in [1.165, 1.54) is 11.3 Å². The van der Waals surface area contributed by atoms with Crippen LogP contribution >= 0.6 is 22.7 Å². The minimum absolute atomic E-state index is 0.00905. The lowest BCUT2D eigenvalue weighted by molar-refractivity contribution is 0.0997. The minimum Gasteiger partial charge on any atom is -0.325 e. The van der Waals surface area contributed by atoms with Crippen LogP contribution in [0, 0.1) is 0 Å². The number of aromatic nitrogens is 2. The first-order valence-electron chi connectivity index (χ1n) is 5.54. The number of carbonyl (C=O) groups is 1. The third kappa shape index (κ3) is 3.20. The van der Waals surface area contributed by atoms with Gasteiger partial charge in [0.25, 0.3) is 0 Å². The molecule has 2 aromatic rings. The maximum atomic E-state index is 11.3. The zero-order valence-corrected chi connectivity index (χ0v) is 11.4. The highest BCUT2D eigenvalue weighted by atomic mass is 32.1. The number of ketones is 1. The zero-order chi connectivity index (χ0) is 13.0. The molecule has 0 unspecified atom stereocenters. The van der Waals surface area contributed by atoms with Crippen LogP contribution < -0.4 is 11.5 Å². The summed E-state index contributed by atoms with van der Waals surface area (Å²) in [5.41, 5.74) is 12.3. The Labute approximate surface area is 113 Å². The molecule has 0 saturated heterocycles. The number of hydrogen-bond donors (Lipinski definition) is 2. The van der Waals surface area contributed by atoms with Crippen molar-refractivity contribution in [2.24, 2.45) is 11.5 Å². The standard InChI is InChI=1S/C11H14N4OS2/c12-3-9(16)8-6-18-10(15-8)2-1-7-5-17-11(4-13)14-7/h5-6H,1-4,12-13H2. The molecule has 0 radical (unpaired) electrons. The van der Waals surface area contributed by atoms with Crippen LogP contribution in [0.4, 0.5) is 0 Å². The molecule has 0 aliphatic heterocycles. The summed E-state index contributed by atoms with van der Waals surface area (Å²) in [7, 11) is 0. The van der Waals surface area contributed by atoms with Crippen LogP contribution in [0.15, 0.2) is 10.8 Å². The zero-order valence-electron chi connectivity index (χ0n) is 9.76. The Morgan fingerprint density at radius 2 is 1.89 bits per heavy atom. The smallest absolute Gasteiger partial charge is 0.195 e. The van der Waals surface area contributed by atoms with Gasteiger partial charge in [0, 0.05) is 23.7 Å². The van der Waals surface area contributed by atoms with Gasteiger partial charge in [-0.2, -0.15) is 0 Å². The van der Waals surface area contributed by atoms with Crippen molar-refractivity contribution >= 4 is 28.5 Å². The van der Waals surface area contributed by atoms with E-state index in [0.717, 1.165) is 28.6 Å². The molecule has 96 valence electrons. The van der Waals surface area contributed by atoms with Crippen LogP contribution in [-0.4, -0.2) is 22.3 Å². The van der Waals surface area contributed by atoms with Crippen LogP contribution in [-0.2, 0) is 19.4 Å². The molecule has 0 aromatic carbocycles. The van der Waals surface area contributed by atoms with Gasteiger partial charge in [-0.25, -0.2) is 9.97 Å². The number of hydrogen-bond acceptors (Lipinski definition) is 7. The Balaban J connectivity index is 1.93. The van der Waals surface area contributed by atoms with Crippen molar-refractivity contribution in [1.29, 1.82) is 0 Å². The monoisotopic (exact) mass is 282 g/mol. The Morgan fingerprint density at radius 3 is 2.56 bits per heavy atom. The van der Waals surface area contributed by atoms with Crippen molar-refractivity contribution < 1.29 is 4.79 Å². The molecule has 0 amide bonds. The second-order valence-electron chi connectivity index (χ2n) is 3.69. The molecule has 5 nitrogen and oxygen atoms in total. The van der Waals surface area contributed by atoms with Gasteiger partial charge in [0.2, 0.25) is 0 Å². The molecule has 0 aliphatic rings. The van der Waals surface area contributed by atoms with Crippen LogP contribution in [0.25, 0.3) is 0 Å². The second-order valence-corrected chi connectivity index (χ2v) is 5.58. The first-order chi connectivity index (χ1) is 8.72.